The predicted molar refractivity (Wildman–Crippen MR) is 95.7 cm³/mol. The Morgan fingerprint density at radius 1 is 1.23 bits per heavy atom. The van der Waals surface area contributed by atoms with Crippen molar-refractivity contribution in [2.75, 3.05) is 6.26 Å². The van der Waals surface area contributed by atoms with E-state index >= 15 is 0 Å². The molecule has 4 aromatic rings. The van der Waals surface area contributed by atoms with Crippen LogP contribution in [-0.2, 0) is 6.54 Å². The van der Waals surface area contributed by atoms with Crippen LogP contribution in [0.2, 0.25) is 0 Å². The first-order valence-electron chi connectivity index (χ1n) is 6.63. The smallest absolute Gasteiger partial charge is 0.160 e. The van der Waals surface area contributed by atoms with Gasteiger partial charge in [0.25, 0.3) is 0 Å². The number of nitrogens with zero attached hydrogens (tertiary/aromatic N) is 4. The monoisotopic (exact) mass is 390 g/mol. The summed E-state index contributed by atoms with van der Waals surface area (Å²) < 4.78 is 5.34. The van der Waals surface area contributed by atoms with Crippen molar-refractivity contribution < 1.29 is 0 Å². The molecule has 0 saturated carbocycles. The molecule has 0 aliphatic rings. The summed E-state index contributed by atoms with van der Waals surface area (Å²) in [5.74, 6) is 0. The molecule has 0 N–H and O–H groups in total. The summed E-state index contributed by atoms with van der Waals surface area (Å²) in [5.41, 5.74) is 4.10. The van der Waals surface area contributed by atoms with Crippen molar-refractivity contribution in [2.24, 2.45) is 0 Å². The third-order valence-corrected chi connectivity index (χ3v) is 5.82. The molecular weight excluding hydrogens is 380 g/mol. The van der Waals surface area contributed by atoms with Gasteiger partial charge in [0, 0.05) is 10.7 Å². The summed E-state index contributed by atoms with van der Waals surface area (Å²) in [5, 5.41) is 0. The van der Waals surface area contributed by atoms with Gasteiger partial charge in [-0.1, -0.05) is 17.8 Å². The summed E-state index contributed by atoms with van der Waals surface area (Å²) >= 11 is 6.85. The van der Waals surface area contributed by atoms with Crippen LogP contribution in [0, 0.1) is 0 Å². The Balaban J connectivity index is 1.72. The fraction of sp³-hybridized carbons (Fsp3) is 0.133. The number of thiazole rings is 1. The highest BCUT2D eigenvalue weighted by Gasteiger charge is 2.07. The van der Waals surface area contributed by atoms with Gasteiger partial charge in [-0.15, -0.1) is 11.3 Å². The highest BCUT2D eigenvalue weighted by molar-refractivity contribution is 9.10. The minimum absolute atomic E-state index is 0.758. The Hall–Kier alpha value is -1.44. The second kappa shape index (κ2) is 5.64. The van der Waals surface area contributed by atoms with Crippen LogP contribution in [0.15, 0.2) is 45.6 Å². The maximum atomic E-state index is 4.57. The molecule has 0 fully saturated rings. The number of aromatic nitrogens is 4. The molecule has 7 heteroatoms. The van der Waals surface area contributed by atoms with Crippen molar-refractivity contribution in [1.29, 1.82) is 0 Å². The summed E-state index contributed by atoms with van der Waals surface area (Å²) in [6, 6.07) is 8.40. The lowest BCUT2D eigenvalue weighted by atomic mass is 10.2. The fourth-order valence-electron chi connectivity index (χ4n) is 2.37. The number of hydrogen-bond acceptors (Lipinski definition) is 5. The third kappa shape index (κ3) is 2.53. The van der Waals surface area contributed by atoms with Gasteiger partial charge in [-0.2, -0.15) is 0 Å². The van der Waals surface area contributed by atoms with Crippen molar-refractivity contribution in [3.63, 3.8) is 0 Å². The lowest BCUT2D eigenvalue weighted by Crippen LogP contribution is -1.98. The number of pyridine rings is 1. The summed E-state index contributed by atoms with van der Waals surface area (Å²) in [6.45, 7) is 0.758. The summed E-state index contributed by atoms with van der Waals surface area (Å²) in [4.78, 5) is 13.4. The van der Waals surface area contributed by atoms with E-state index in [0.717, 1.165) is 32.0 Å². The van der Waals surface area contributed by atoms with Crippen LogP contribution >= 0.6 is 39.0 Å². The van der Waals surface area contributed by atoms with E-state index in [4.69, 9.17) is 0 Å². The minimum atomic E-state index is 0.758. The SMILES string of the molecule is CSc1nc2ccc(Cn3cnc4cc(Br)cnc43)cc2s1. The van der Waals surface area contributed by atoms with E-state index < -0.39 is 0 Å². The zero-order valence-electron chi connectivity index (χ0n) is 11.7. The number of benzene rings is 1. The molecule has 0 atom stereocenters. The maximum Gasteiger partial charge on any atom is 0.160 e. The van der Waals surface area contributed by atoms with Gasteiger partial charge in [0.2, 0.25) is 0 Å². The predicted octanol–water partition coefficient (Wildman–Crippen LogP) is 4.57. The van der Waals surface area contributed by atoms with Crippen molar-refractivity contribution >= 4 is 60.4 Å². The van der Waals surface area contributed by atoms with E-state index in [-0.39, 0.29) is 0 Å². The highest BCUT2D eigenvalue weighted by Crippen LogP contribution is 2.29. The standard InChI is InChI=1S/C15H11BrN4S2/c1-21-15-19-11-3-2-9(4-13(11)22-15)7-20-8-18-12-5-10(16)6-17-14(12)20/h2-6,8H,7H2,1H3. The van der Waals surface area contributed by atoms with Crippen LogP contribution in [0.4, 0.5) is 0 Å². The minimum Gasteiger partial charge on any atom is -0.311 e. The highest BCUT2D eigenvalue weighted by atomic mass is 79.9. The molecule has 0 bridgehead atoms. The molecule has 0 aliphatic heterocycles. The molecule has 0 saturated heterocycles. The number of halogens is 1. The van der Waals surface area contributed by atoms with Crippen molar-refractivity contribution in [2.45, 2.75) is 10.9 Å². The summed E-state index contributed by atoms with van der Waals surface area (Å²) in [6.07, 6.45) is 5.70. The number of hydrogen-bond donors (Lipinski definition) is 0. The molecule has 0 unspecified atom stereocenters. The number of imidazole rings is 1. The van der Waals surface area contributed by atoms with Gasteiger partial charge in [-0.05, 0) is 45.9 Å². The zero-order chi connectivity index (χ0) is 15.1. The Labute approximate surface area is 143 Å². The molecule has 0 spiro atoms. The molecule has 0 radical (unpaired) electrons. The van der Waals surface area contributed by atoms with Gasteiger partial charge in [-0.3, -0.25) is 0 Å². The maximum absolute atomic E-state index is 4.57. The van der Waals surface area contributed by atoms with Crippen LogP contribution in [0.3, 0.4) is 0 Å². The molecule has 3 heterocycles. The number of rotatable bonds is 3. The van der Waals surface area contributed by atoms with E-state index in [1.54, 1.807) is 29.3 Å². The first kappa shape index (κ1) is 14.2. The van der Waals surface area contributed by atoms with Crippen molar-refractivity contribution in [3.8, 4) is 0 Å². The average molecular weight is 391 g/mol. The van der Waals surface area contributed by atoms with Gasteiger partial charge < -0.3 is 4.57 Å². The Bertz CT molecular complexity index is 976. The topological polar surface area (TPSA) is 43.6 Å². The van der Waals surface area contributed by atoms with Crippen molar-refractivity contribution in [1.82, 2.24) is 19.5 Å². The normalized spacial score (nSPS) is 11.5. The van der Waals surface area contributed by atoms with Crippen molar-refractivity contribution in [3.05, 3.63) is 46.8 Å². The second-order valence-corrected chi connectivity index (χ2v) is 7.85. The van der Waals surface area contributed by atoms with E-state index in [2.05, 4.69) is 59.9 Å². The quantitative estimate of drug-likeness (QED) is 0.480. The third-order valence-electron chi connectivity index (χ3n) is 3.38. The fourth-order valence-corrected chi connectivity index (χ4v) is 4.24. The van der Waals surface area contributed by atoms with Crippen LogP contribution in [0.5, 0.6) is 0 Å². The lowest BCUT2D eigenvalue weighted by molar-refractivity contribution is 0.815. The molecule has 0 amide bonds. The Kier molecular flexibility index (Phi) is 3.63. The molecule has 1 aromatic carbocycles. The molecular formula is C15H11BrN4S2. The van der Waals surface area contributed by atoms with Gasteiger partial charge >= 0.3 is 0 Å². The number of thioether (sulfide) groups is 1. The van der Waals surface area contributed by atoms with E-state index in [0.29, 0.717) is 0 Å². The number of fused-ring (bicyclic) bond motifs is 2. The molecule has 22 heavy (non-hydrogen) atoms. The Morgan fingerprint density at radius 3 is 3.00 bits per heavy atom. The van der Waals surface area contributed by atoms with Gasteiger partial charge in [0.1, 0.15) is 5.52 Å². The molecule has 4 rings (SSSR count). The van der Waals surface area contributed by atoms with Crippen LogP contribution < -0.4 is 0 Å². The van der Waals surface area contributed by atoms with Gasteiger partial charge in [-0.25, -0.2) is 15.0 Å². The van der Waals surface area contributed by atoms with Crippen LogP contribution in [-0.4, -0.2) is 25.8 Å². The molecule has 110 valence electrons. The van der Waals surface area contributed by atoms with Crippen LogP contribution in [0.25, 0.3) is 21.4 Å². The lowest BCUT2D eigenvalue weighted by Gasteiger charge is -2.04. The first-order chi connectivity index (χ1) is 10.7. The van der Waals surface area contributed by atoms with E-state index in [9.17, 15) is 0 Å². The zero-order valence-corrected chi connectivity index (χ0v) is 14.9. The molecule has 4 nitrogen and oxygen atoms in total. The average Bonchev–Trinajstić information content (AvgIpc) is 3.10. The second-order valence-electron chi connectivity index (χ2n) is 4.85. The van der Waals surface area contributed by atoms with Crippen LogP contribution in [0.1, 0.15) is 5.56 Å². The summed E-state index contributed by atoms with van der Waals surface area (Å²) in [7, 11) is 0. The van der Waals surface area contributed by atoms with Gasteiger partial charge in [0.05, 0.1) is 23.1 Å². The first-order valence-corrected chi connectivity index (χ1v) is 9.46. The molecule has 0 aliphatic carbocycles. The largest absolute Gasteiger partial charge is 0.311 e. The molecule has 3 aromatic heterocycles. The van der Waals surface area contributed by atoms with Gasteiger partial charge in [0.15, 0.2) is 9.99 Å². The van der Waals surface area contributed by atoms with E-state index in [1.807, 2.05) is 12.4 Å². The van der Waals surface area contributed by atoms with E-state index in [1.165, 1.54) is 10.3 Å². The Morgan fingerprint density at radius 2 is 2.14 bits per heavy atom.